The van der Waals surface area contributed by atoms with Crippen molar-refractivity contribution in [1.82, 2.24) is 19.8 Å². The lowest BCUT2D eigenvalue weighted by atomic mass is 10.2. The molecule has 0 bridgehead atoms. The van der Waals surface area contributed by atoms with Gasteiger partial charge in [0.2, 0.25) is 5.91 Å². The molecule has 6 nitrogen and oxygen atoms in total. The predicted molar refractivity (Wildman–Crippen MR) is 88.0 cm³/mol. The fourth-order valence-electron chi connectivity index (χ4n) is 2.49. The maximum atomic E-state index is 11.9. The zero-order valence-electron chi connectivity index (χ0n) is 13.6. The van der Waals surface area contributed by atoms with Crippen LogP contribution >= 0.6 is 11.8 Å². The van der Waals surface area contributed by atoms with Crippen LogP contribution in [0.15, 0.2) is 17.6 Å². The van der Waals surface area contributed by atoms with Crippen molar-refractivity contribution < 1.29 is 9.53 Å². The Morgan fingerprint density at radius 1 is 1.59 bits per heavy atom. The SMILES string of the molecule is CC(C)CN1CCOC(CNC(=O)CSc2nccn2C)C1. The Hall–Kier alpha value is -1.05. The average Bonchev–Trinajstić information content (AvgIpc) is 2.88. The summed E-state index contributed by atoms with van der Waals surface area (Å²) < 4.78 is 7.64. The monoisotopic (exact) mass is 326 g/mol. The summed E-state index contributed by atoms with van der Waals surface area (Å²) in [6.45, 7) is 8.73. The molecule has 2 rings (SSSR count). The largest absolute Gasteiger partial charge is 0.374 e. The van der Waals surface area contributed by atoms with Crippen molar-refractivity contribution in [1.29, 1.82) is 0 Å². The first-order valence-electron chi connectivity index (χ1n) is 7.75. The third-order valence-corrected chi connectivity index (χ3v) is 4.54. The number of aryl methyl sites for hydroxylation is 1. The summed E-state index contributed by atoms with van der Waals surface area (Å²) in [7, 11) is 1.92. The number of rotatable bonds is 7. The summed E-state index contributed by atoms with van der Waals surface area (Å²) in [6.07, 6.45) is 3.70. The van der Waals surface area contributed by atoms with E-state index in [2.05, 4.69) is 29.0 Å². The molecule has 22 heavy (non-hydrogen) atoms. The molecule has 124 valence electrons. The normalized spacial score (nSPS) is 19.5. The van der Waals surface area contributed by atoms with Gasteiger partial charge < -0.3 is 14.6 Å². The molecule has 1 aromatic heterocycles. The first kappa shape index (κ1) is 17.3. The zero-order valence-corrected chi connectivity index (χ0v) is 14.4. The Morgan fingerprint density at radius 2 is 2.41 bits per heavy atom. The van der Waals surface area contributed by atoms with E-state index in [1.54, 1.807) is 6.20 Å². The van der Waals surface area contributed by atoms with Crippen molar-refractivity contribution in [3.63, 3.8) is 0 Å². The van der Waals surface area contributed by atoms with Crippen molar-refractivity contribution in [2.24, 2.45) is 13.0 Å². The molecule has 0 spiro atoms. The number of nitrogens with one attached hydrogen (secondary N) is 1. The third-order valence-electron chi connectivity index (χ3n) is 3.48. The van der Waals surface area contributed by atoms with Gasteiger partial charge >= 0.3 is 0 Å². The van der Waals surface area contributed by atoms with Gasteiger partial charge in [-0.05, 0) is 5.92 Å². The molecule has 1 aliphatic heterocycles. The first-order valence-corrected chi connectivity index (χ1v) is 8.74. The summed E-state index contributed by atoms with van der Waals surface area (Å²) in [5.41, 5.74) is 0. The van der Waals surface area contributed by atoms with Crippen LogP contribution < -0.4 is 5.32 Å². The van der Waals surface area contributed by atoms with Crippen LogP contribution in [0.2, 0.25) is 0 Å². The number of carbonyl (C=O) groups excluding carboxylic acids is 1. The number of nitrogens with zero attached hydrogens (tertiary/aromatic N) is 3. The minimum Gasteiger partial charge on any atom is -0.374 e. The Labute approximate surface area is 136 Å². The molecule has 1 amide bonds. The second kappa shape index (κ2) is 8.55. The number of thioether (sulfide) groups is 1. The number of amides is 1. The standard InChI is InChI=1S/C15H26N4O2S/c1-12(2)9-19-6-7-21-13(10-19)8-17-14(20)11-22-15-16-4-5-18(15)3/h4-5,12-13H,6-11H2,1-3H3,(H,17,20). The van der Waals surface area contributed by atoms with Gasteiger partial charge in [-0.2, -0.15) is 0 Å². The van der Waals surface area contributed by atoms with Crippen LogP contribution in [0.4, 0.5) is 0 Å². The van der Waals surface area contributed by atoms with Gasteiger partial charge in [-0.1, -0.05) is 25.6 Å². The molecule has 1 aliphatic rings. The van der Waals surface area contributed by atoms with Crippen molar-refractivity contribution in [3.8, 4) is 0 Å². The first-order chi connectivity index (χ1) is 10.5. The quantitative estimate of drug-likeness (QED) is 0.757. The molecular formula is C15H26N4O2S. The smallest absolute Gasteiger partial charge is 0.230 e. The molecule has 1 N–H and O–H groups in total. The highest BCUT2D eigenvalue weighted by Gasteiger charge is 2.21. The van der Waals surface area contributed by atoms with Gasteiger partial charge in [0.15, 0.2) is 5.16 Å². The number of morpholine rings is 1. The van der Waals surface area contributed by atoms with E-state index in [-0.39, 0.29) is 12.0 Å². The van der Waals surface area contributed by atoms with Gasteiger partial charge in [-0.3, -0.25) is 9.69 Å². The lowest BCUT2D eigenvalue weighted by Crippen LogP contribution is -2.48. The number of hydrogen-bond acceptors (Lipinski definition) is 5. The molecule has 1 aromatic rings. The molecule has 2 heterocycles. The Morgan fingerprint density at radius 3 is 3.09 bits per heavy atom. The van der Waals surface area contributed by atoms with Crippen LogP contribution in [0.3, 0.4) is 0 Å². The Balaban J connectivity index is 1.66. The van der Waals surface area contributed by atoms with Gasteiger partial charge in [0.25, 0.3) is 0 Å². The Bertz CT molecular complexity index is 478. The average molecular weight is 326 g/mol. The van der Waals surface area contributed by atoms with Crippen LogP contribution in [-0.2, 0) is 16.6 Å². The van der Waals surface area contributed by atoms with Crippen molar-refractivity contribution in [3.05, 3.63) is 12.4 Å². The van der Waals surface area contributed by atoms with Crippen LogP contribution in [0.1, 0.15) is 13.8 Å². The van der Waals surface area contributed by atoms with Crippen LogP contribution in [0.25, 0.3) is 0 Å². The highest BCUT2D eigenvalue weighted by molar-refractivity contribution is 7.99. The van der Waals surface area contributed by atoms with Crippen molar-refractivity contribution in [2.75, 3.05) is 38.5 Å². The summed E-state index contributed by atoms with van der Waals surface area (Å²) in [4.78, 5) is 18.5. The van der Waals surface area contributed by atoms with E-state index in [9.17, 15) is 4.79 Å². The highest BCUT2D eigenvalue weighted by atomic mass is 32.2. The zero-order chi connectivity index (χ0) is 15.9. The maximum Gasteiger partial charge on any atom is 0.230 e. The van der Waals surface area contributed by atoms with E-state index in [0.717, 1.165) is 31.4 Å². The van der Waals surface area contributed by atoms with E-state index < -0.39 is 0 Å². The lowest BCUT2D eigenvalue weighted by molar-refractivity contribution is -0.119. The Kier molecular flexibility index (Phi) is 6.72. The molecule has 0 aromatic carbocycles. The van der Waals surface area contributed by atoms with E-state index in [4.69, 9.17) is 4.74 Å². The molecular weight excluding hydrogens is 300 g/mol. The topological polar surface area (TPSA) is 59.4 Å². The summed E-state index contributed by atoms with van der Waals surface area (Å²) >= 11 is 1.45. The van der Waals surface area contributed by atoms with E-state index in [0.29, 0.717) is 18.2 Å². The molecule has 0 aliphatic carbocycles. The fourth-order valence-corrected chi connectivity index (χ4v) is 3.25. The summed E-state index contributed by atoms with van der Waals surface area (Å²) in [5.74, 6) is 1.06. The van der Waals surface area contributed by atoms with E-state index >= 15 is 0 Å². The number of aromatic nitrogens is 2. The number of ether oxygens (including phenoxy) is 1. The highest BCUT2D eigenvalue weighted by Crippen LogP contribution is 2.13. The predicted octanol–water partition coefficient (Wildman–Crippen LogP) is 0.985. The van der Waals surface area contributed by atoms with Gasteiger partial charge in [0.05, 0.1) is 18.5 Å². The number of hydrogen-bond donors (Lipinski definition) is 1. The molecule has 0 radical (unpaired) electrons. The number of imidazole rings is 1. The van der Waals surface area contributed by atoms with Crippen molar-refractivity contribution >= 4 is 17.7 Å². The molecule has 0 saturated carbocycles. The molecule has 1 atom stereocenters. The van der Waals surface area contributed by atoms with Crippen molar-refractivity contribution in [2.45, 2.75) is 25.1 Å². The summed E-state index contributed by atoms with van der Waals surface area (Å²) in [6, 6.07) is 0. The van der Waals surface area contributed by atoms with Gasteiger partial charge in [0, 0.05) is 45.6 Å². The lowest BCUT2D eigenvalue weighted by Gasteiger charge is -2.33. The van der Waals surface area contributed by atoms with E-state index in [1.165, 1.54) is 11.8 Å². The van der Waals surface area contributed by atoms with Crippen LogP contribution in [-0.4, -0.2) is 65.0 Å². The molecule has 1 saturated heterocycles. The minimum absolute atomic E-state index is 0.0255. The van der Waals surface area contributed by atoms with Crippen LogP contribution in [0.5, 0.6) is 0 Å². The maximum absolute atomic E-state index is 11.9. The van der Waals surface area contributed by atoms with Gasteiger partial charge in [-0.15, -0.1) is 0 Å². The molecule has 7 heteroatoms. The number of carbonyl (C=O) groups is 1. The fraction of sp³-hybridized carbons (Fsp3) is 0.733. The summed E-state index contributed by atoms with van der Waals surface area (Å²) in [5, 5.41) is 3.81. The van der Waals surface area contributed by atoms with Gasteiger partial charge in [0.1, 0.15) is 0 Å². The molecule has 1 fully saturated rings. The third kappa shape index (κ3) is 5.62. The van der Waals surface area contributed by atoms with E-state index in [1.807, 2.05) is 17.8 Å². The molecule has 1 unspecified atom stereocenters. The van der Waals surface area contributed by atoms with Gasteiger partial charge in [-0.25, -0.2) is 4.98 Å². The second-order valence-electron chi connectivity index (χ2n) is 6.06. The van der Waals surface area contributed by atoms with Crippen LogP contribution in [0, 0.1) is 5.92 Å². The second-order valence-corrected chi connectivity index (χ2v) is 7.00. The minimum atomic E-state index is 0.0255.